The van der Waals surface area contributed by atoms with Crippen LogP contribution in [0, 0.1) is 17.2 Å². The average molecular weight is 296 g/mol. The van der Waals surface area contributed by atoms with Crippen molar-refractivity contribution in [3.63, 3.8) is 0 Å². The molecule has 17 heavy (non-hydrogen) atoms. The SMILES string of the molecule is CCN(Cc1ccc(N)cc1Br)CC(C)C#N. The van der Waals surface area contributed by atoms with Crippen LogP contribution in [0.15, 0.2) is 22.7 Å². The van der Waals surface area contributed by atoms with Crippen LogP contribution in [-0.2, 0) is 6.54 Å². The molecular formula is C13H18BrN3. The molecule has 0 saturated carbocycles. The van der Waals surface area contributed by atoms with Gasteiger partial charge in [-0.25, -0.2) is 0 Å². The number of nitrogens with two attached hydrogens (primary N) is 1. The van der Waals surface area contributed by atoms with Gasteiger partial charge in [0.2, 0.25) is 0 Å². The van der Waals surface area contributed by atoms with Crippen LogP contribution in [0.3, 0.4) is 0 Å². The first-order valence-electron chi connectivity index (χ1n) is 5.72. The Morgan fingerprint density at radius 1 is 1.53 bits per heavy atom. The highest BCUT2D eigenvalue weighted by Gasteiger charge is 2.10. The van der Waals surface area contributed by atoms with E-state index in [1.807, 2.05) is 25.1 Å². The number of hydrogen-bond acceptors (Lipinski definition) is 3. The standard InChI is InChI=1S/C13H18BrN3/c1-3-17(8-10(2)7-15)9-11-4-5-12(16)6-13(11)14/h4-6,10H,3,8-9,16H2,1-2H3. The summed E-state index contributed by atoms with van der Waals surface area (Å²) < 4.78 is 1.03. The Hall–Kier alpha value is -1.05. The minimum Gasteiger partial charge on any atom is -0.399 e. The number of nitrogen functional groups attached to an aromatic ring is 1. The first kappa shape index (κ1) is 14.0. The Balaban J connectivity index is 2.71. The topological polar surface area (TPSA) is 53.0 Å². The first-order valence-corrected chi connectivity index (χ1v) is 6.52. The van der Waals surface area contributed by atoms with E-state index in [1.165, 1.54) is 5.56 Å². The van der Waals surface area contributed by atoms with Crippen LogP contribution >= 0.6 is 15.9 Å². The molecule has 0 aromatic heterocycles. The number of halogens is 1. The Morgan fingerprint density at radius 3 is 2.76 bits per heavy atom. The highest BCUT2D eigenvalue weighted by atomic mass is 79.9. The third-order valence-electron chi connectivity index (χ3n) is 2.67. The van der Waals surface area contributed by atoms with E-state index >= 15 is 0 Å². The molecule has 3 nitrogen and oxygen atoms in total. The van der Waals surface area contributed by atoms with Gasteiger partial charge in [0, 0.05) is 23.2 Å². The maximum atomic E-state index is 8.83. The zero-order chi connectivity index (χ0) is 12.8. The number of rotatable bonds is 5. The summed E-state index contributed by atoms with van der Waals surface area (Å²) in [6.07, 6.45) is 0. The van der Waals surface area contributed by atoms with Crippen LogP contribution in [-0.4, -0.2) is 18.0 Å². The van der Waals surface area contributed by atoms with E-state index in [1.54, 1.807) is 0 Å². The number of nitrogens with zero attached hydrogens (tertiary/aromatic N) is 2. The molecule has 0 aliphatic heterocycles. The minimum atomic E-state index is 0.0579. The van der Waals surface area contributed by atoms with Crippen molar-refractivity contribution in [2.75, 3.05) is 18.8 Å². The molecule has 0 amide bonds. The molecule has 0 saturated heterocycles. The molecule has 1 rings (SSSR count). The molecule has 92 valence electrons. The summed E-state index contributed by atoms with van der Waals surface area (Å²) >= 11 is 3.52. The summed E-state index contributed by atoms with van der Waals surface area (Å²) in [5.41, 5.74) is 7.66. The van der Waals surface area contributed by atoms with Crippen LogP contribution in [0.5, 0.6) is 0 Å². The van der Waals surface area contributed by atoms with Gasteiger partial charge >= 0.3 is 0 Å². The fourth-order valence-electron chi connectivity index (χ4n) is 1.67. The van der Waals surface area contributed by atoms with Gasteiger partial charge in [-0.05, 0) is 31.2 Å². The van der Waals surface area contributed by atoms with Crippen LogP contribution in [0.25, 0.3) is 0 Å². The molecule has 0 heterocycles. The van der Waals surface area contributed by atoms with Crippen LogP contribution < -0.4 is 5.73 Å². The smallest absolute Gasteiger partial charge is 0.0666 e. The Kier molecular flexibility index (Phi) is 5.46. The van der Waals surface area contributed by atoms with Gasteiger partial charge in [0.1, 0.15) is 0 Å². The molecule has 2 N–H and O–H groups in total. The normalized spacial score (nSPS) is 12.4. The molecule has 0 fully saturated rings. The van der Waals surface area contributed by atoms with E-state index in [2.05, 4.69) is 33.8 Å². The van der Waals surface area contributed by atoms with Gasteiger partial charge in [-0.2, -0.15) is 5.26 Å². The summed E-state index contributed by atoms with van der Waals surface area (Å²) in [5, 5.41) is 8.83. The van der Waals surface area contributed by atoms with Crippen molar-refractivity contribution in [3.8, 4) is 6.07 Å². The summed E-state index contributed by atoms with van der Waals surface area (Å²) in [5.74, 6) is 0.0579. The predicted octanol–water partition coefficient (Wildman–Crippen LogP) is 3.01. The maximum absolute atomic E-state index is 8.83. The molecule has 1 aromatic rings. The molecule has 0 spiro atoms. The maximum Gasteiger partial charge on any atom is 0.0666 e. The van der Waals surface area contributed by atoms with E-state index in [0.29, 0.717) is 0 Å². The summed E-state index contributed by atoms with van der Waals surface area (Å²) in [6, 6.07) is 8.11. The summed E-state index contributed by atoms with van der Waals surface area (Å²) in [4.78, 5) is 2.25. The van der Waals surface area contributed by atoms with E-state index in [0.717, 1.165) is 29.8 Å². The highest BCUT2D eigenvalue weighted by molar-refractivity contribution is 9.10. The van der Waals surface area contributed by atoms with Crippen molar-refractivity contribution in [1.29, 1.82) is 5.26 Å². The van der Waals surface area contributed by atoms with Crippen molar-refractivity contribution in [2.24, 2.45) is 5.92 Å². The molecule has 0 radical (unpaired) electrons. The quantitative estimate of drug-likeness (QED) is 0.850. The first-order chi connectivity index (χ1) is 8.06. The van der Waals surface area contributed by atoms with Gasteiger partial charge in [0.25, 0.3) is 0 Å². The summed E-state index contributed by atoms with van der Waals surface area (Å²) in [6.45, 7) is 6.62. The Bertz CT molecular complexity index is 412. The second-order valence-electron chi connectivity index (χ2n) is 4.21. The second-order valence-corrected chi connectivity index (χ2v) is 5.06. The van der Waals surface area contributed by atoms with E-state index in [4.69, 9.17) is 11.0 Å². The third-order valence-corrected chi connectivity index (χ3v) is 3.41. The number of benzene rings is 1. The molecular weight excluding hydrogens is 278 g/mol. The predicted molar refractivity (Wildman–Crippen MR) is 74.3 cm³/mol. The van der Waals surface area contributed by atoms with E-state index in [9.17, 15) is 0 Å². The van der Waals surface area contributed by atoms with Gasteiger partial charge in [-0.1, -0.05) is 28.9 Å². The molecule has 1 aromatic carbocycles. The molecule has 0 aliphatic rings. The minimum absolute atomic E-state index is 0.0579. The zero-order valence-corrected chi connectivity index (χ0v) is 11.9. The highest BCUT2D eigenvalue weighted by Crippen LogP contribution is 2.21. The van der Waals surface area contributed by atoms with Crippen molar-refractivity contribution in [1.82, 2.24) is 4.90 Å². The van der Waals surface area contributed by atoms with Crippen LogP contribution in [0.2, 0.25) is 0 Å². The van der Waals surface area contributed by atoms with Crippen LogP contribution in [0.1, 0.15) is 19.4 Å². The monoisotopic (exact) mass is 295 g/mol. The lowest BCUT2D eigenvalue weighted by Crippen LogP contribution is -2.27. The number of nitriles is 1. The summed E-state index contributed by atoms with van der Waals surface area (Å²) in [7, 11) is 0. The lowest BCUT2D eigenvalue weighted by Gasteiger charge is -2.22. The van der Waals surface area contributed by atoms with Crippen molar-refractivity contribution < 1.29 is 0 Å². The second kappa shape index (κ2) is 6.63. The third kappa shape index (κ3) is 4.37. The Labute approximate surface area is 111 Å². The molecule has 1 unspecified atom stereocenters. The van der Waals surface area contributed by atoms with Gasteiger partial charge in [0.15, 0.2) is 0 Å². The molecule has 4 heteroatoms. The van der Waals surface area contributed by atoms with E-state index < -0.39 is 0 Å². The fraction of sp³-hybridized carbons (Fsp3) is 0.462. The zero-order valence-electron chi connectivity index (χ0n) is 10.3. The van der Waals surface area contributed by atoms with Gasteiger partial charge < -0.3 is 5.73 Å². The van der Waals surface area contributed by atoms with Gasteiger partial charge in [-0.3, -0.25) is 4.90 Å². The molecule has 1 atom stereocenters. The Morgan fingerprint density at radius 2 is 2.24 bits per heavy atom. The van der Waals surface area contributed by atoms with Gasteiger partial charge in [0.05, 0.1) is 12.0 Å². The number of hydrogen-bond donors (Lipinski definition) is 1. The number of anilines is 1. The van der Waals surface area contributed by atoms with E-state index in [-0.39, 0.29) is 5.92 Å². The molecule has 0 bridgehead atoms. The lowest BCUT2D eigenvalue weighted by atomic mass is 10.1. The van der Waals surface area contributed by atoms with Crippen molar-refractivity contribution >= 4 is 21.6 Å². The van der Waals surface area contributed by atoms with Crippen molar-refractivity contribution in [3.05, 3.63) is 28.2 Å². The fourth-order valence-corrected chi connectivity index (χ4v) is 2.19. The van der Waals surface area contributed by atoms with Gasteiger partial charge in [-0.15, -0.1) is 0 Å². The largest absolute Gasteiger partial charge is 0.399 e. The average Bonchev–Trinajstić information content (AvgIpc) is 2.31. The lowest BCUT2D eigenvalue weighted by molar-refractivity contribution is 0.260. The molecule has 0 aliphatic carbocycles. The van der Waals surface area contributed by atoms with Crippen LogP contribution in [0.4, 0.5) is 5.69 Å². The van der Waals surface area contributed by atoms with Crippen molar-refractivity contribution in [2.45, 2.75) is 20.4 Å².